The van der Waals surface area contributed by atoms with Gasteiger partial charge in [-0.25, -0.2) is 4.79 Å². The third kappa shape index (κ3) is 2.81. The van der Waals surface area contributed by atoms with Crippen LogP contribution in [-0.4, -0.2) is 23.2 Å². The van der Waals surface area contributed by atoms with Gasteiger partial charge in [0.2, 0.25) is 0 Å². The molecule has 0 aliphatic carbocycles. The van der Waals surface area contributed by atoms with Gasteiger partial charge in [0.15, 0.2) is 0 Å². The van der Waals surface area contributed by atoms with Crippen molar-refractivity contribution < 1.29 is 9.53 Å². The average Bonchev–Trinajstić information content (AvgIpc) is 2.40. The number of nitriles is 1. The van der Waals surface area contributed by atoms with Gasteiger partial charge in [-0.05, 0) is 6.92 Å². The van der Waals surface area contributed by atoms with Crippen LogP contribution in [0.1, 0.15) is 12.5 Å². The Morgan fingerprint density at radius 3 is 2.56 bits per heavy atom. The second-order valence-corrected chi connectivity index (χ2v) is 4.03. The van der Waals surface area contributed by atoms with E-state index in [1.165, 1.54) is 0 Å². The number of alkyl halides is 1. The Morgan fingerprint density at radius 2 is 2.11 bits per heavy atom. The first-order chi connectivity index (χ1) is 8.60. The van der Waals surface area contributed by atoms with Crippen molar-refractivity contribution in [1.29, 1.82) is 5.26 Å². The number of nitrogens with zero attached hydrogens (tertiary/aromatic N) is 2. The van der Waals surface area contributed by atoms with E-state index in [1.807, 2.05) is 0 Å². The van der Waals surface area contributed by atoms with Crippen LogP contribution >= 0.6 is 23.4 Å². The first-order valence-corrected chi connectivity index (χ1v) is 5.84. The highest BCUT2D eigenvalue weighted by atomic mass is 35.5. The molecule has 0 aliphatic rings. The number of carbonyl (C=O) groups excluding carboxylic acids is 1. The normalized spacial score (nSPS) is 14.4. The summed E-state index contributed by atoms with van der Waals surface area (Å²) in [5.74, 6) is -0.891. The summed E-state index contributed by atoms with van der Waals surface area (Å²) >= 11 is 11.5. The van der Waals surface area contributed by atoms with E-state index < -0.39 is 10.8 Å². The van der Waals surface area contributed by atoms with E-state index in [4.69, 9.17) is 33.4 Å². The number of ether oxygens (including phenoxy) is 1. The van der Waals surface area contributed by atoms with E-state index in [2.05, 4.69) is 4.51 Å². The van der Waals surface area contributed by atoms with Gasteiger partial charge >= 0.3 is 5.97 Å². The Bertz CT molecular complexity index is 497. The highest BCUT2D eigenvalue weighted by Gasteiger charge is 2.44. The molecule has 0 aliphatic heterocycles. The molecule has 0 fully saturated rings. The third-order valence-corrected chi connectivity index (χ3v) is 2.76. The summed E-state index contributed by atoms with van der Waals surface area (Å²) in [5.41, 5.74) is 0.435. The van der Waals surface area contributed by atoms with Crippen LogP contribution in [0.15, 0.2) is 34.8 Å². The molecule has 0 saturated heterocycles. The van der Waals surface area contributed by atoms with Crippen LogP contribution in [0.3, 0.4) is 0 Å². The van der Waals surface area contributed by atoms with Gasteiger partial charge in [0.05, 0.1) is 6.61 Å². The monoisotopic (exact) mass is 284 g/mol. The molecule has 0 N–H and O–H groups in total. The van der Waals surface area contributed by atoms with Crippen LogP contribution in [0.2, 0.25) is 0 Å². The minimum absolute atomic E-state index is 0.0487. The van der Waals surface area contributed by atoms with Crippen LogP contribution in [-0.2, 0) is 9.53 Å². The van der Waals surface area contributed by atoms with Crippen molar-refractivity contribution in [1.82, 2.24) is 0 Å². The summed E-state index contributed by atoms with van der Waals surface area (Å²) in [5, 5.41) is 9.12. The molecule has 0 aromatic heterocycles. The minimum atomic E-state index is -2.04. The molecular formula is C12H10Cl2N2O2. The fraction of sp³-hybridized carbons (Fsp3) is 0.250. The van der Waals surface area contributed by atoms with Crippen molar-refractivity contribution >= 4 is 35.1 Å². The SMILES string of the molecule is CCOC(=O)[C@](Cl)(C#N)C(=NCl)c1ccccc1. The van der Waals surface area contributed by atoms with Gasteiger partial charge in [-0.15, -0.1) is 0 Å². The lowest BCUT2D eigenvalue weighted by molar-refractivity contribution is -0.142. The maximum atomic E-state index is 11.8. The van der Waals surface area contributed by atoms with Gasteiger partial charge in [-0.3, -0.25) is 0 Å². The van der Waals surface area contributed by atoms with Gasteiger partial charge in [0.1, 0.15) is 11.8 Å². The van der Waals surface area contributed by atoms with Crippen molar-refractivity contribution in [3.05, 3.63) is 35.9 Å². The van der Waals surface area contributed by atoms with Crippen molar-refractivity contribution in [2.75, 3.05) is 6.61 Å². The molecule has 1 atom stereocenters. The molecule has 4 nitrogen and oxygen atoms in total. The molecule has 0 heterocycles. The van der Waals surface area contributed by atoms with E-state index in [0.29, 0.717) is 5.56 Å². The molecule has 0 amide bonds. The Hall–Kier alpha value is -1.57. The third-order valence-electron chi connectivity index (χ3n) is 2.17. The van der Waals surface area contributed by atoms with Crippen LogP contribution in [0.25, 0.3) is 0 Å². The highest BCUT2D eigenvalue weighted by Crippen LogP contribution is 2.24. The van der Waals surface area contributed by atoms with Crippen LogP contribution in [0.4, 0.5) is 0 Å². The molecule has 0 bridgehead atoms. The number of halogens is 2. The summed E-state index contributed by atoms with van der Waals surface area (Å²) in [6.45, 7) is 1.73. The summed E-state index contributed by atoms with van der Waals surface area (Å²) in [6, 6.07) is 10.2. The van der Waals surface area contributed by atoms with Gasteiger partial charge < -0.3 is 4.74 Å². The van der Waals surface area contributed by atoms with Crippen LogP contribution < -0.4 is 0 Å². The second-order valence-electron chi connectivity index (χ2n) is 3.29. The number of carbonyl (C=O) groups is 1. The van der Waals surface area contributed by atoms with Gasteiger partial charge in [-0.2, -0.15) is 9.77 Å². The van der Waals surface area contributed by atoms with Crippen LogP contribution in [0, 0.1) is 11.3 Å². The van der Waals surface area contributed by atoms with E-state index in [1.54, 1.807) is 43.3 Å². The first kappa shape index (κ1) is 14.5. The maximum Gasteiger partial charge on any atom is 0.348 e. The Labute approximate surface area is 115 Å². The fourth-order valence-electron chi connectivity index (χ4n) is 1.33. The quantitative estimate of drug-likeness (QED) is 0.485. The first-order valence-electron chi connectivity index (χ1n) is 5.12. The molecule has 0 radical (unpaired) electrons. The molecule has 0 unspecified atom stereocenters. The Kier molecular flexibility index (Phi) is 5.14. The van der Waals surface area contributed by atoms with Gasteiger partial charge in [0.25, 0.3) is 4.87 Å². The molecule has 6 heteroatoms. The largest absolute Gasteiger partial charge is 0.464 e. The molecule has 94 valence electrons. The molecule has 1 rings (SSSR count). The summed E-state index contributed by atoms with van der Waals surface area (Å²) in [7, 11) is 0. The van der Waals surface area contributed by atoms with E-state index in [0.717, 1.165) is 0 Å². The zero-order valence-corrected chi connectivity index (χ0v) is 11.1. The number of rotatable bonds is 4. The zero-order valence-electron chi connectivity index (χ0n) is 9.56. The summed E-state index contributed by atoms with van der Waals surface area (Å²) < 4.78 is 8.21. The lowest BCUT2D eigenvalue weighted by Gasteiger charge is -2.18. The number of hydrogen-bond donors (Lipinski definition) is 0. The highest BCUT2D eigenvalue weighted by molar-refractivity contribution is 6.52. The Balaban J connectivity index is 3.23. The summed E-state index contributed by atoms with van der Waals surface area (Å²) in [4.78, 5) is 9.71. The van der Waals surface area contributed by atoms with E-state index in [-0.39, 0.29) is 12.3 Å². The topological polar surface area (TPSA) is 62.5 Å². The standard InChI is InChI=1S/C12H10Cl2N2O2/c1-2-18-11(17)12(13,8-15)10(16-14)9-6-4-3-5-7-9/h3-7H,2H2,1H3/t12-/m0/s1. The predicted molar refractivity (Wildman–Crippen MR) is 69.7 cm³/mol. The summed E-state index contributed by atoms with van der Waals surface area (Å²) in [6.07, 6.45) is 0. The number of esters is 1. The van der Waals surface area contributed by atoms with Crippen LogP contribution in [0.5, 0.6) is 0 Å². The molecule has 18 heavy (non-hydrogen) atoms. The lowest BCUT2D eigenvalue weighted by Crippen LogP contribution is -2.41. The smallest absolute Gasteiger partial charge is 0.348 e. The molecule has 0 saturated carbocycles. The van der Waals surface area contributed by atoms with Crippen molar-refractivity contribution in [3.63, 3.8) is 0 Å². The van der Waals surface area contributed by atoms with Crippen molar-refractivity contribution in [2.45, 2.75) is 11.8 Å². The maximum absolute atomic E-state index is 11.8. The average molecular weight is 285 g/mol. The molecule has 1 aromatic rings. The van der Waals surface area contributed by atoms with E-state index >= 15 is 0 Å². The lowest BCUT2D eigenvalue weighted by atomic mass is 9.97. The molecule has 0 spiro atoms. The van der Waals surface area contributed by atoms with Crippen molar-refractivity contribution in [2.24, 2.45) is 4.51 Å². The molecule has 1 aromatic carbocycles. The number of hydrogen-bond acceptors (Lipinski definition) is 4. The van der Waals surface area contributed by atoms with E-state index in [9.17, 15) is 4.79 Å². The second kappa shape index (κ2) is 6.39. The Morgan fingerprint density at radius 1 is 1.50 bits per heavy atom. The predicted octanol–water partition coefficient (Wildman–Crippen LogP) is 2.69. The minimum Gasteiger partial charge on any atom is -0.464 e. The van der Waals surface area contributed by atoms with Crippen molar-refractivity contribution in [3.8, 4) is 6.07 Å². The zero-order chi connectivity index (χ0) is 13.6. The van der Waals surface area contributed by atoms with Gasteiger partial charge in [0, 0.05) is 17.3 Å². The number of benzene rings is 1. The molecular weight excluding hydrogens is 275 g/mol. The fourth-order valence-corrected chi connectivity index (χ4v) is 1.80. The van der Waals surface area contributed by atoms with Gasteiger partial charge in [-0.1, -0.05) is 41.9 Å².